The van der Waals surface area contributed by atoms with Crippen LogP contribution in [0.1, 0.15) is 47.4 Å². The Bertz CT molecular complexity index is 663. The van der Waals surface area contributed by atoms with Crippen LogP contribution in [0.4, 0.5) is 5.69 Å². The molecule has 1 heterocycles. The summed E-state index contributed by atoms with van der Waals surface area (Å²) in [6.07, 6.45) is 6.37. The first-order chi connectivity index (χ1) is 10.2. The number of carbonyl (C=O) groups is 1. The zero-order chi connectivity index (χ0) is 14.8. The van der Waals surface area contributed by atoms with Crippen molar-refractivity contribution in [3.8, 4) is 0 Å². The van der Waals surface area contributed by atoms with Gasteiger partial charge in [0.25, 0.3) is 0 Å². The Labute approximate surface area is 123 Å². The molecule has 1 aliphatic carbocycles. The Hall–Kier alpha value is -2.30. The molecule has 0 saturated carbocycles. The second-order valence-electron chi connectivity index (χ2n) is 5.27. The highest BCUT2D eigenvalue weighted by Crippen LogP contribution is 2.34. The van der Waals surface area contributed by atoms with E-state index in [4.69, 9.17) is 10.5 Å². The van der Waals surface area contributed by atoms with E-state index in [0.29, 0.717) is 12.3 Å². The van der Waals surface area contributed by atoms with E-state index in [9.17, 15) is 4.79 Å². The van der Waals surface area contributed by atoms with Gasteiger partial charge in [-0.15, -0.1) is 0 Å². The number of aromatic nitrogens is 2. The normalized spacial score (nSPS) is 17.3. The quantitative estimate of drug-likeness (QED) is 0.695. The van der Waals surface area contributed by atoms with Crippen molar-refractivity contribution < 1.29 is 9.53 Å². The zero-order valence-electron chi connectivity index (χ0n) is 12.1. The summed E-state index contributed by atoms with van der Waals surface area (Å²) in [6.45, 7) is 2.17. The number of rotatable bonds is 3. The standard InChI is InChI=1S/C16H19N3O2/c1-2-21-16(20)15-9-18-10-19(15)14-5-3-4-11-8-12(17)6-7-13(11)14/h6-10,14H,2-5,17H2,1H3. The van der Waals surface area contributed by atoms with Crippen LogP contribution < -0.4 is 5.73 Å². The fourth-order valence-electron chi connectivity index (χ4n) is 3.01. The molecule has 110 valence electrons. The molecule has 5 nitrogen and oxygen atoms in total. The van der Waals surface area contributed by atoms with Crippen LogP contribution in [-0.2, 0) is 11.2 Å². The number of ether oxygens (including phenoxy) is 1. The Morgan fingerprint density at radius 2 is 2.38 bits per heavy atom. The van der Waals surface area contributed by atoms with Crippen molar-refractivity contribution in [2.45, 2.75) is 32.2 Å². The number of hydrogen-bond donors (Lipinski definition) is 1. The molecule has 0 fully saturated rings. The highest BCUT2D eigenvalue weighted by molar-refractivity contribution is 5.87. The average molecular weight is 285 g/mol. The molecule has 1 unspecified atom stereocenters. The van der Waals surface area contributed by atoms with Gasteiger partial charge in [0.2, 0.25) is 0 Å². The number of anilines is 1. The third kappa shape index (κ3) is 2.51. The van der Waals surface area contributed by atoms with Crippen LogP contribution in [0.15, 0.2) is 30.7 Å². The molecular weight excluding hydrogens is 266 g/mol. The highest BCUT2D eigenvalue weighted by atomic mass is 16.5. The Kier molecular flexibility index (Phi) is 3.64. The van der Waals surface area contributed by atoms with E-state index < -0.39 is 0 Å². The molecule has 0 radical (unpaired) electrons. The maximum absolute atomic E-state index is 12.0. The predicted octanol–water partition coefficient (Wildman–Crippen LogP) is 2.57. The number of carbonyl (C=O) groups excluding carboxylic acids is 1. The highest BCUT2D eigenvalue weighted by Gasteiger charge is 2.25. The number of nitrogen functional groups attached to an aromatic ring is 1. The number of fused-ring (bicyclic) bond motifs is 1. The van der Waals surface area contributed by atoms with Gasteiger partial charge in [-0.2, -0.15) is 0 Å². The van der Waals surface area contributed by atoms with Crippen molar-refractivity contribution in [1.82, 2.24) is 9.55 Å². The molecule has 0 bridgehead atoms. The summed E-state index contributed by atoms with van der Waals surface area (Å²) in [7, 11) is 0. The van der Waals surface area contributed by atoms with Gasteiger partial charge in [-0.25, -0.2) is 9.78 Å². The number of benzene rings is 1. The summed E-state index contributed by atoms with van der Waals surface area (Å²) in [6, 6.07) is 6.13. The molecular formula is C16H19N3O2. The molecule has 3 rings (SSSR count). The third-order valence-corrected chi connectivity index (χ3v) is 3.94. The maximum atomic E-state index is 12.0. The molecule has 5 heteroatoms. The van der Waals surface area contributed by atoms with Crippen LogP contribution in [0.5, 0.6) is 0 Å². The van der Waals surface area contributed by atoms with Gasteiger partial charge in [-0.3, -0.25) is 0 Å². The zero-order valence-corrected chi connectivity index (χ0v) is 12.1. The van der Waals surface area contributed by atoms with Crippen LogP contribution >= 0.6 is 0 Å². The summed E-state index contributed by atoms with van der Waals surface area (Å²) in [5, 5.41) is 0. The predicted molar refractivity (Wildman–Crippen MR) is 80.1 cm³/mol. The van der Waals surface area contributed by atoms with Crippen molar-refractivity contribution in [2.24, 2.45) is 0 Å². The van der Waals surface area contributed by atoms with Crippen molar-refractivity contribution in [3.63, 3.8) is 0 Å². The third-order valence-electron chi connectivity index (χ3n) is 3.94. The van der Waals surface area contributed by atoms with Crippen LogP contribution in [0.3, 0.4) is 0 Å². The molecule has 0 spiro atoms. The van der Waals surface area contributed by atoms with Crippen molar-refractivity contribution in [3.05, 3.63) is 47.5 Å². The van der Waals surface area contributed by atoms with Gasteiger partial charge in [0.05, 0.1) is 25.2 Å². The fraction of sp³-hybridized carbons (Fsp3) is 0.375. The first-order valence-corrected chi connectivity index (χ1v) is 7.28. The minimum Gasteiger partial charge on any atom is -0.461 e. The molecule has 0 amide bonds. The summed E-state index contributed by atoms with van der Waals surface area (Å²) in [5.74, 6) is -0.322. The number of imidazole rings is 1. The van der Waals surface area contributed by atoms with Gasteiger partial charge >= 0.3 is 5.97 Å². The smallest absolute Gasteiger partial charge is 0.356 e. The van der Waals surface area contributed by atoms with Gasteiger partial charge in [0.1, 0.15) is 5.69 Å². The fourth-order valence-corrected chi connectivity index (χ4v) is 3.01. The number of nitrogens with two attached hydrogens (primary N) is 1. The van der Waals surface area contributed by atoms with Gasteiger partial charge < -0.3 is 15.0 Å². The lowest BCUT2D eigenvalue weighted by Gasteiger charge is -2.27. The second-order valence-corrected chi connectivity index (χ2v) is 5.27. The minimum atomic E-state index is -0.322. The van der Waals surface area contributed by atoms with Gasteiger partial charge in [0, 0.05) is 5.69 Å². The molecule has 0 saturated heterocycles. The summed E-state index contributed by atoms with van der Waals surface area (Å²) in [5.41, 5.74) is 9.64. The molecule has 1 aliphatic rings. The van der Waals surface area contributed by atoms with E-state index in [1.54, 1.807) is 19.4 Å². The van der Waals surface area contributed by atoms with E-state index in [2.05, 4.69) is 11.1 Å². The lowest BCUT2D eigenvalue weighted by atomic mass is 9.87. The molecule has 1 aromatic heterocycles. The van der Waals surface area contributed by atoms with E-state index in [0.717, 1.165) is 24.9 Å². The number of nitrogens with zero attached hydrogens (tertiary/aromatic N) is 2. The molecule has 0 aliphatic heterocycles. The largest absolute Gasteiger partial charge is 0.461 e. The lowest BCUT2D eigenvalue weighted by Crippen LogP contribution is -2.21. The first kappa shape index (κ1) is 13.7. The first-order valence-electron chi connectivity index (χ1n) is 7.28. The summed E-state index contributed by atoms with van der Waals surface area (Å²) < 4.78 is 7.03. The average Bonchev–Trinajstić information content (AvgIpc) is 2.95. The Morgan fingerprint density at radius 3 is 3.19 bits per heavy atom. The number of aryl methyl sites for hydroxylation is 1. The summed E-state index contributed by atoms with van der Waals surface area (Å²) in [4.78, 5) is 16.2. The number of hydrogen-bond acceptors (Lipinski definition) is 4. The summed E-state index contributed by atoms with van der Waals surface area (Å²) >= 11 is 0. The topological polar surface area (TPSA) is 70.1 Å². The van der Waals surface area contributed by atoms with Crippen LogP contribution in [0, 0.1) is 0 Å². The van der Waals surface area contributed by atoms with Crippen LogP contribution in [-0.4, -0.2) is 22.1 Å². The molecule has 2 aromatic rings. The van der Waals surface area contributed by atoms with Gasteiger partial charge in [0.15, 0.2) is 0 Å². The van der Waals surface area contributed by atoms with Gasteiger partial charge in [-0.1, -0.05) is 6.07 Å². The van der Waals surface area contributed by atoms with E-state index in [-0.39, 0.29) is 12.0 Å². The molecule has 21 heavy (non-hydrogen) atoms. The lowest BCUT2D eigenvalue weighted by molar-refractivity contribution is 0.0512. The number of esters is 1. The molecule has 2 N–H and O–H groups in total. The van der Waals surface area contributed by atoms with E-state index in [1.807, 2.05) is 16.7 Å². The van der Waals surface area contributed by atoms with Gasteiger partial charge in [-0.05, 0) is 49.4 Å². The Balaban J connectivity index is 2.00. The van der Waals surface area contributed by atoms with Crippen LogP contribution in [0.2, 0.25) is 0 Å². The van der Waals surface area contributed by atoms with Crippen molar-refractivity contribution in [1.29, 1.82) is 0 Å². The molecule has 1 atom stereocenters. The van der Waals surface area contributed by atoms with Crippen molar-refractivity contribution in [2.75, 3.05) is 12.3 Å². The van der Waals surface area contributed by atoms with E-state index >= 15 is 0 Å². The minimum absolute atomic E-state index is 0.122. The van der Waals surface area contributed by atoms with E-state index in [1.165, 1.54) is 11.1 Å². The Morgan fingerprint density at radius 1 is 1.52 bits per heavy atom. The monoisotopic (exact) mass is 285 g/mol. The SMILES string of the molecule is CCOC(=O)c1cncn1C1CCCc2cc(N)ccc21. The van der Waals surface area contributed by atoms with Crippen LogP contribution in [0.25, 0.3) is 0 Å². The van der Waals surface area contributed by atoms with Crippen molar-refractivity contribution >= 4 is 11.7 Å². The maximum Gasteiger partial charge on any atom is 0.356 e. The second kappa shape index (κ2) is 5.60. The molecule has 1 aromatic carbocycles.